The highest BCUT2D eigenvalue weighted by molar-refractivity contribution is 7.89. The lowest BCUT2D eigenvalue weighted by molar-refractivity contribution is -0.117. The van der Waals surface area contributed by atoms with Crippen LogP contribution < -0.4 is 0 Å². The van der Waals surface area contributed by atoms with Crippen molar-refractivity contribution in [2.45, 2.75) is 24.7 Å². The van der Waals surface area contributed by atoms with Gasteiger partial charge in [-0.1, -0.05) is 17.7 Å². The molecular formula is C14H17NO3S. The number of benzene rings is 1. The molecule has 1 aromatic carbocycles. The van der Waals surface area contributed by atoms with E-state index >= 15 is 0 Å². The molecule has 0 amide bonds. The first-order valence-corrected chi connectivity index (χ1v) is 7.99. The number of nitrogens with zero attached hydrogens (tertiary/aromatic N) is 1. The Bertz CT molecular complexity index is 590. The predicted molar refractivity (Wildman–Crippen MR) is 71.2 cm³/mol. The van der Waals surface area contributed by atoms with Crippen molar-refractivity contribution in [1.29, 1.82) is 0 Å². The highest BCUT2D eigenvalue weighted by atomic mass is 32.2. The van der Waals surface area contributed by atoms with E-state index in [0.717, 1.165) is 5.56 Å². The second-order valence-electron chi connectivity index (χ2n) is 5.60. The molecule has 19 heavy (non-hydrogen) atoms. The fourth-order valence-corrected chi connectivity index (χ4v) is 4.64. The molecule has 102 valence electrons. The molecule has 2 unspecified atom stereocenters. The van der Waals surface area contributed by atoms with E-state index in [4.69, 9.17) is 0 Å². The molecule has 1 aromatic rings. The molecule has 0 aromatic heterocycles. The maximum Gasteiger partial charge on any atom is 0.243 e. The molecule has 0 N–H and O–H groups in total. The molecular weight excluding hydrogens is 262 g/mol. The maximum atomic E-state index is 12.5. The third-order valence-corrected chi connectivity index (χ3v) is 6.03. The summed E-state index contributed by atoms with van der Waals surface area (Å²) in [5.41, 5.74) is 1.04. The van der Waals surface area contributed by atoms with Gasteiger partial charge in [-0.2, -0.15) is 4.31 Å². The Balaban J connectivity index is 1.83. The number of fused-ring (bicyclic) bond motifs is 1. The van der Waals surface area contributed by atoms with Crippen LogP contribution in [-0.4, -0.2) is 31.6 Å². The minimum atomic E-state index is -3.39. The Morgan fingerprint density at radius 3 is 2.11 bits per heavy atom. The Labute approximate surface area is 113 Å². The number of carbonyl (C=O) groups is 1. The van der Waals surface area contributed by atoms with E-state index in [1.165, 1.54) is 0 Å². The van der Waals surface area contributed by atoms with E-state index in [9.17, 15) is 13.2 Å². The van der Waals surface area contributed by atoms with Crippen LogP contribution in [0.3, 0.4) is 0 Å². The molecule has 2 atom stereocenters. The number of Topliss-reactive ketones (excluding diaryl/α,β-unsaturated/α-hetero) is 1. The summed E-state index contributed by atoms with van der Waals surface area (Å²) in [5, 5.41) is 0. The minimum Gasteiger partial charge on any atom is -0.300 e. The topological polar surface area (TPSA) is 54.5 Å². The predicted octanol–water partition coefficient (Wildman–Crippen LogP) is 1.59. The molecule has 1 aliphatic heterocycles. The van der Waals surface area contributed by atoms with Gasteiger partial charge in [0.15, 0.2) is 0 Å². The van der Waals surface area contributed by atoms with Gasteiger partial charge in [0.05, 0.1) is 4.90 Å². The molecule has 1 saturated carbocycles. The number of rotatable bonds is 2. The smallest absolute Gasteiger partial charge is 0.243 e. The maximum absolute atomic E-state index is 12.5. The number of sulfonamides is 1. The standard InChI is InChI=1S/C14H17NO3S/c1-10-2-4-14(5-3-10)19(17,18)15-8-11-6-13(16)7-12(11)9-15/h2-5,11-12H,6-9H2,1H3. The highest BCUT2D eigenvalue weighted by Gasteiger charge is 2.44. The molecule has 1 saturated heterocycles. The van der Waals surface area contributed by atoms with Crippen LogP contribution in [-0.2, 0) is 14.8 Å². The van der Waals surface area contributed by atoms with Gasteiger partial charge in [0.25, 0.3) is 0 Å². The molecule has 0 bridgehead atoms. The lowest BCUT2D eigenvalue weighted by Gasteiger charge is -2.17. The third-order valence-electron chi connectivity index (χ3n) is 4.18. The molecule has 5 heteroatoms. The van der Waals surface area contributed by atoms with E-state index in [2.05, 4.69) is 0 Å². The number of carbonyl (C=O) groups excluding carboxylic acids is 1. The van der Waals surface area contributed by atoms with Gasteiger partial charge in [-0.05, 0) is 30.9 Å². The second kappa shape index (κ2) is 4.42. The van der Waals surface area contributed by atoms with E-state index in [1.54, 1.807) is 16.4 Å². The Kier molecular flexibility index (Phi) is 2.98. The zero-order valence-electron chi connectivity index (χ0n) is 10.9. The van der Waals surface area contributed by atoms with Crippen molar-refractivity contribution >= 4 is 15.8 Å². The molecule has 1 heterocycles. The Morgan fingerprint density at radius 2 is 1.58 bits per heavy atom. The minimum absolute atomic E-state index is 0.229. The van der Waals surface area contributed by atoms with Crippen molar-refractivity contribution in [2.75, 3.05) is 13.1 Å². The van der Waals surface area contributed by atoms with Crippen molar-refractivity contribution in [3.63, 3.8) is 0 Å². The van der Waals surface area contributed by atoms with Crippen LogP contribution in [0.5, 0.6) is 0 Å². The lowest BCUT2D eigenvalue weighted by atomic mass is 10.0. The molecule has 2 fully saturated rings. The summed E-state index contributed by atoms with van der Waals surface area (Å²) in [7, 11) is -3.39. The van der Waals surface area contributed by atoms with Crippen LogP contribution in [0.2, 0.25) is 0 Å². The molecule has 1 aliphatic carbocycles. The van der Waals surface area contributed by atoms with Gasteiger partial charge < -0.3 is 0 Å². The monoisotopic (exact) mass is 279 g/mol. The van der Waals surface area contributed by atoms with Crippen LogP contribution in [0.4, 0.5) is 0 Å². The average Bonchev–Trinajstić information content (AvgIpc) is 2.87. The van der Waals surface area contributed by atoms with Gasteiger partial charge in [0.2, 0.25) is 10.0 Å². The largest absolute Gasteiger partial charge is 0.300 e. The lowest BCUT2D eigenvalue weighted by Crippen LogP contribution is -2.30. The van der Waals surface area contributed by atoms with Crippen LogP contribution in [0.25, 0.3) is 0 Å². The Morgan fingerprint density at radius 1 is 1.05 bits per heavy atom. The summed E-state index contributed by atoms with van der Waals surface area (Å²) >= 11 is 0. The summed E-state index contributed by atoms with van der Waals surface area (Å²) in [6, 6.07) is 6.94. The molecule has 4 nitrogen and oxygen atoms in total. The van der Waals surface area contributed by atoms with Gasteiger partial charge in [0.1, 0.15) is 5.78 Å². The molecule has 3 rings (SSSR count). The number of aryl methyl sites for hydroxylation is 1. The first-order chi connectivity index (χ1) is 8.96. The zero-order chi connectivity index (χ0) is 13.6. The summed E-state index contributed by atoms with van der Waals surface area (Å²) < 4.78 is 26.5. The van der Waals surface area contributed by atoms with E-state index in [1.807, 2.05) is 19.1 Å². The van der Waals surface area contributed by atoms with Gasteiger partial charge in [-0.15, -0.1) is 0 Å². The van der Waals surface area contributed by atoms with Crippen molar-refractivity contribution in [3.8, 4) is 0 Å². The third kappa shape index (κ3) is 2.21. The summed E-state index contributed by atoms with van der Waals surface area (Å²) in [6.07, 6.45) is 1.09. The average molecular weight is 279 g/mol. The van der Waals surface area contributed by atoms with E-state index in [0.29, 0.717) is 30.8 Å². The molecule has 0 radical (unpaired) electrons. The van der Waals surface area contributed by atoms with E-state index in [-0.39, 0.29) is 17.6 Å². The first kappa shape index (κ1) is 12.8. The van der Waals surface area contributed by atoms with Crippen LogP contribution in [0.15, 0.2) is 29.2 Å². The van der Waals surface area contributed by atoms with Crippen LogP contribution >= 0.6 is 0 Å². The van der Waals surface area contributed by atoms with Crippen molar-refractivity contribution < 1.29 is 13.2 Å². The van der Waals surface area contributed by atoms with Crippen molar-refractivity contribution in [3.05, 3.63) is 29.8 Å². The van der Waals surface area contributed by atoms with Gasteiger partial charge in [-0.3, -0.25) is 4.79 Å². The SMILES string of the molecule is Cc1ccc(S(=O)(=O)N2CC3CC(=O)CC3C2)cc1. The number of hydrogen-bond acceptors (Lipinski definition) is 3. The van der Waals surface area contributed by atoms with Gasteiger partial charge in [-0.25, -0.2) is 8.42 Å². The fraction of sp³-hybridized carbons (Fsp3) is 0.500. The number of hydrogen-bond donors (Lipinski definition) is 0. The molecule has 0 spiro atoms. The fourth-order valence-electron chi connectivity index (χ4n) is 3.08. The summed E-state index contributed by atoms with van der Waals surface area (Å²) in [5.74, 6) is 0.739. The quantitative estimate of drug-likeness (QED) is 0.826. The van der Waals surface area contributed by atoms with Crippen LogP contribution in [0.1, 0.15) is 18.4 Å². The normalized spacial score (nSPS) is 27.7. The number of ketones is 1. The van der Waals surface area contributed by atoms with Crippen molar-refractivity contribution in [1.82, 2.24) is 4.31 Å². The van der Waals surface area contributed by atoms with Crippen molar-refractivity contribution in [2.24, 2.45) is 11.8 Å². The van der Waals surface area contributed by atoms with E-state index < -0.39 is 10.0 Å². The highest BCUT2D eigenvalue weighted by Crippen LogP contribution is 2.38. The summed E-state index contributed by atoms with van der Waals surface area (Å²) in [6.45, 7) is 2.92. The summed E-state index contributed by atoms with van der Waals surface area (Å²) in [4.78, 5) is 11.7. The van der Waals surface area contributed by atoms with Gasteiger partial charge in [0, 0.05) is 25.9 Å². The Hall–Kier alpha value is -1.20. The zero-order valence-corrected chi connectivity index (χ0v) is 11.7. The van der Waals surface area contributed by atoms with Gasteiger partial charge >= 0.3 is 0 Å². The van der Waals surface area contributed by atoms with Crippen LogP contribution in [0, 0.1) is 18.8 Å². The second-order valence-corrected chi connectivity index (χ2v) is 7.54. The molecule has 2 aliphatic rings. The first-order valence-electron chi connectivity index (χ1n) is 6.55.